The van der Waals surface area contributed by atoms with Crippen molar-refractivity contribution in [2.45, 2.75) is 12.5 Å². The molecule has 0 saturated heterocycles. The van der Waals surface area contributed by atoms with Gasteiger partial charge >= 0.3 is 0 Å². The van der Waals surface area contributed by atoms with Crippen LogP contribution in [0.25, 0.3) is 0 Å². The van der Waals surface area contributed by atoms with Gasteiger partial charge in [0.2, 0.25) is 0 Å². The van der Waals surface area contributed by atoms with Crippen LogP contribution in [-0.4, -0.2) is 20.8 Å². The van der Waals surface area contributed by atoms with Crippen molar-refractivity contribution in [1.82, 2.24) is 5.43 Å². The third kappa shape index (κ3) is 2.42. The quantitative estimate of drug-likeness (QED) is 0.612. The van der Waals surface area contributed by atoms with Gasteiger partial charge in [-0.2, -0.15) is 0 Å². The molecule has 98 valence electrons. The first-order chi connectivity index (χ1) is 8.80. The van der Waals surface area contributed by atoms with Crippen LogP contribution in [0.4, 0.5) is 0 Å². The number of ether oxygens (including phenoxy) is 3. The van der Waals surface area contributed by atoms with E-state index in [0.29, 0.717) is 12.4 Å². The van der Waals surface area contributed by atoms with Gasteiger partial charge in [-0.05, 0) is 18.2 Å². The number of hydrogen-bond donors (Lipinski definition) is 2. The van der Waals surface area contributed by atoms with Crippen LogP contribution in [0.5, 0.6) is 11.5 Å². The molecule has 1 heterocycles. The normalized spacial score (nSPS) is 15.8. The van der Waals surface area contributed by atoms with E-state index in [0.717, 1.165) is 23.5 Å². The Balaban J connectivity index is 2.35. The molecule has 0 radical (unpaired) electrons. The fraction of sp³-hybridized carbons (Fsp3) is 0.385. The highest BCUT2D eigenvalue weighted by molar-refractivity contribution is 5.44. The molecule has 1 aliphatic rings. The Kier molecular flexibility index (Phi) is 4.07. The van der Waals surface area contributed by atoms with E-state index in [1.807, 2.05) is 24.3 Å². The molecule has 0 bridgehead atoms. The summed E-state index contributed by atoms with van der Waals surface area (Å²) in [5.74, 6) is 7.91. The van der Waals surface area contributed by atoms with Crippen molar-refractivity contribution in [3.05, 3.63) is 35.6 Å². The van der Waals surface area contributed by atoms with Gasteiger partial charge in [0.15, 0.2) is 0 Å². The zero-order valence-electron chi connectivity index (χ0n) is 10.6. The minimum Gasteiger partial charge on any atom is -0.497 e. The molecule has 1 aromatic carbocycles. The Morgan fingerprint density at radius 1 is 1.33 bits per heavy atom. The van der Waals surface area contributed by atoms with Crippen molar-refractivity contribution in [1.29, 1.82) is 0 Å². The number of benzene rings is 1. The van der Waals surface area contributed by atoms with Crippen LogP contribution in [0.3, 0.4) is 0 Å². The molecule has 0 aliphatic carbocycles. The zero-order valence-corrected chi connectivity index (χ0v) is 10.6. The Morgan fingerprint density at radius 2 is 2.17 bits per heavy atom. The maximum atomic E-state index is 5.62. The van der Waals surface area contributed by atoms with Crippen molar-refractivity contribution in [2.24, 2.45) is 5.84 Å². The van der Waals surface area contributed by atoms with Crippen LogP contribution >= 0.6 is 0 Å². The second kappa shape index (κ2) is 5.75. The monoisotopic (exact) mass is 250 g/mol. The van der Waals surface area contributed by atoms with Crippen LogP contribution in [0.2, 0.25) is 0 Å². The summed E-state index contributed by atoms with van der Waals surface area (Å²) in [5, 5.41) is 0. The summed E-state index contributed by atoms with van der Waals surface area (Å²) >= 11 is 0. The molecule has 0 saturated carbocycles. The summed E-state index contributed by atoms with van der Waals surface area (Å²) in [4.78, 5) is 0. The highest BCUT2D eigenvalue weighted by Crippen LogP contribution is 2.34. The van der Waals surface area contributed by atoms with Crippen molar-refractivity contribution in [3.8, 4) is 11.5 Å². The van der Waals surface area contributed by atoms with E-state index in [1.54, 1.807) is 14.2 Å². The predicted molar refractivity (Wildman–Crippen MR) is 68.3 cm³/mol. The average molecular weight is 250 g/mol. The van der Waals surface area contributed by atoms with E-state index in [4.69, 9.17) is 20.1 Å². The Bertz CT molecular complexity index is 446. The smallest absolute Gasteiger partial charge is 0.127 e. The molecule has 0 fully saturated rings. The van der Waals surface area contributed by atoms with Crippen LogP contribution < -0.4 is 20.7 Å². The van der Waals surface area contributed by atoms with Crippen LogP contribution in [0.1, 0.15) is 18.0 Å². The molecule has 0 amide bonds. The SMILES string of the molecule is COc1ccc(C(NN)C2=CCCO2)c(OC)c1. The van der Waals surface area contributed by atoms with Gasteiger partial charge in [-0.25, -0.2) is 5.43 Å². The second-order valence-electron chi connectivity index (χ2n) is 3.95. The molecule has 5 nitrogen and oxygen atoms in total. The topological polar surface area (TPSA) is 65.7 Å². The molecule has 18 heavy (non-hydrogen) atoms. The summed E-state index contributed by atoms with van der Waals surface area (Å²) in [6.07, 6.45) is 2.94. The molecule has 3 N–H and O–H groups in total. The first-order valence-electron chi connectivity index (χ1n) is 5.81. The lowest BCUT2D eigenvalue weighted by molar-refractivity contribution is 0.214. The van der Waals surface area contributed by atoms with Gasteiger partial charge in [0.05, 0.1) is 20.8 Å². The molecule has 1 aliphatic heterocycles. The molecule has 0 spiro atoms. The lowest BCUT2D eigenvalue weighted by Gasteiger charge is -2.20. The van der Waals surface area contributed by atoms with Gasteiger partial charge in [0.1, 0.15) is 23.3 Å². The fourth-order valence-electron chi connectivity index (χ4n) is 2.02. The number of nitrogens with two attached hydrogens (primary N) is 1. The van der Waals surface area contributed by atoms with Gasteiger partial charge < -0.3 is 14.2 Å². The van der Waals surface area contributed by atoms with Crippen LogP contribution in [0.15, 0.2) is 30.0 Å². The van der Waals surface area contributed by atoms with Gasteiger partial charge in [-0.3, -0.25) is 5.84 Å². The molecular formula is C13H18N2O3. The Hall–Kier alpha value is -1.72. The van der Waals surface area contributed by atoms with Crippen molar-refractivity contribution in [3.63, 3.8) is 0 Å². The first-order valence-corrected chi connectivity index (χ1v) is 5.81. The standard InChI is InChI=1S/C13H18N2O3/c1-16-9-5-6-10(12(8-9)17-2)13(15-14)11-4-3-7-18-11/h4-6,8,13,15H,3,7,14H2,1-2H3. The Labute approximate surface area is 106 Å². The van der Waals surface area contributed by atoms with Crippen molar-refractivity contribution < 1.29 is 14.2 Å². The van der Waals surface area contributed by atoms with Gasteiger partial charge in [-0.15, -0.1) is 0 Å². The van der Waals surface area contributed by atoms with E-state index in [1.165, 1.54) is 0 Å². The average Bonchev–Trinajstić information content (AvgIpc) is 2.94. The number of hydrogen-bond acceptors (Lipinski definition) is 5. The van der Waals surface area contributed by atoms with E-state index >= 15 is 0 Å². The Morgan fingerprint density at radius 3 is 2.72 bits per heavy atom. The molecule has 1 unspecified atom stereocenters. The van der Waals surface area contributed by atoms with E-state index in [9.17, 15) is 0 Å². The third-order valence-electron chi connectivity index (χ3n) is 2.93. The number of rotatable bonds is 5. The summed E-state index contributed by atoms with van der Waals surface area (Å²) < 4.78 is 16.1. The molecule has 0 aromatic heterocycles. The molecule has 1 atom stereocenters. The maximum absolute atomic E-state index is 5.62. The van der Waals surface area contributed by atoms with E-state index in [2.05, 4.69) is 5.43 Å². The van der Waals surface area contributed by atoms with E-state index < -0.39 is 0 Å². The predicted octanol–water partition coefficient (Wildman–Crippen LogP) is 1.51. The summed E-state index contributed by atoms with van der Waals surface area (Å²) in [6, 6.07) is 5.42. The minimum absolute atomic E-state index is 0.201. The second-order valence-corrected chi connectivity index (χ2v) is 3.95. The number of nitrogens with one attached hydrogen (secondary N) is 1. The first kappa shape index (κ1) is 12.7. The summed E-state index contributed by atoms with van der Waals surface area (Å²) in [5.41, 5.74) is 3.68. The zero-order chi connectivity index (χ0) is 13.0. The van der Waals surface area contributed by atoms with E-state index in [-0.39, 0.29) is 6.04 Å². The van der Waals surface area contributed by atoms with Gasteiger partial charge in [-0.1, -0.05) is 0 Å². The summed E-state index contributed by atoms with van der Waals surface area (Å²) in [6.45, 7) is 0.700. The van der Waals surface area contributed by atoms with Crippen LogP contribution in [-0.2, 0) is 4.74 Å². The highest BCUT2D eigenvalue weighted by Gasteiger charge is 2.23. The number of methoxy groups -OCH3 is 2. The highest BCUT2D eigenvalue weighted by atomic mass is 16.5. The van der Waals surface area contributed by atoms with Gasteiger partial charge in [0.25, 0.3) is 0 Å². The maximum Gasteiger partial charge on any atom is 0.127 e. The van der Waals surface area contributed by atoms with Crippen molar-refractivity contribution in [2.75, 3.05) is 20.8 Å². The van der Waals surface area contributed by atoms with Gasteiger partial charge in [0, 0.05) is 18.1 Å². The number of hydrazine groups is 1. The lowest BCUT2D eigenvalue weighted by atomic mass is 10.0. The third-order valence-corrected chi connectivity index (χ3v) is 2.93. The van der Waals surface area contributed by atoms with Crippen LogP contribution in [0, 0.1) is 0 Å². The van der Waals surface area contributed by atoms with Crippen molar-refractivity contribution >= 4 is 0 Å². The molecular weight excluding hydrogens is 232 g/mol. The molecule has 2 rings (SSSR count). The lowest BCUT2D eigenvalue weighted by Crippen LogP contribution is -2.30. The summed E-state index contributed by atoms with van der Waals surface area (Å²) in [7, 11) is 3.24. The largest absolute Gasteiger partial charge is 0.497 e. The molecule has 5 heteroatoms. The fourth-order valence-corrected chi connectivity index (χ4v) is 2.02. The minimum atomic E-state index is -0.201. The molecule has 1 aromatic rings.